The van der Waals surface area contributed by atoms with Crippen LogP contribution in [0.3, 0.4) is 0 Å². The number of carbonyl (C=O) groups is 1. The Balaban J connectivity index is 1.04. The summed E-state index contributed by atoms with van der Waals surface area (Å²) in [4.78, 5) is 17.4. The predicted octanol–water partition coefficient (Wildman–Crippen LogP) is 6.91. The topological polar surface area (TPSA) is 137 Å². The molecule has 0 radical (unpaired) electrons. The van der Waals surface area contributed by atoms with E-state index < -0.39 is 32.6 Å². The highest BCUT2D eigenvalue weighted by Gasteiger charge is 2.35. The zero-order valence-electron chi connectivity index (χ0n) is 29.8. The van der Waals surface area contributed by atoms with Crippen LogP contribution in [0.1, 0.15) is 28.5 Å². The number of nitrogens with one attached hydrogen (secondary N) is 2. The zero-order chi connectivity index (χ0) is 39.0. The van der Waals surface area contributed by atoms with Crippen LogP contribution in [-0.2, 0) is 22.7 Å². The first kappa shape index (κ1) is 39.4. The lowest BCUT2D eigenvalue weighted by Crippen LogP contribution is -2.46. The van der Waals surface area contributed by atoms with Gasteiger partial charge in [-0.2, -0.15) is 13.2 Å². The minimum atomic E-state index is -4.86. The van der Waals surface area contributed by atoms with Crippen molar-refractivity contribution in [3.63, 3.8) is 0 Å². The molecule has 1 amide bonds. The van der Waals surface area contributed by atoms with Crippen molar-refractivity contribution in [3.05, 3.63) is 120 Å². The number of phenols is 1. The Labute approximate surface area is 321 Å². The van der Waals surface area contributed by atoms with Gasteiger partial charge in [-0.1, -0.05) is 30.3 Å². The molecule has 5 aromatic rings. The van der Waals surface area contributed by atoms with E-state index in [0.717, 1.165) is 39.5 Å². The van der Waals surface area contributed by atoms with Gasteiger partial charge in [0.2, 0.25) is 0 Å². The number of alkyl halides is 3. The maximum atomic E-state index is 14.0. The Morgan fingerprint density at radius 1 is 0.891 bits per heavy atom. The summed E-state index contributed by atoms with van der Waals surface area (Å²) in [7, 11) is -4.69. The fourth-order valence-electron chi connectivity index (χ4n) is 6.05. The van der Waals surface area contributed by atoms with E-state index in [9.17, 15) is 31.5 Å². The third-order valence-electron chi connectivity index (χ3n) is 8.71. The number of carbonyl (C=O) groups excluding carboxylic acids is 1. The number of sulfonamides is 1. The summed E-state index contributed by atoms with van der Waals surface area (Å²) in [5, 5.41) is 20.8. The smallest absolute Gasteiger partial charge is 0.418 e. The van der Waals surface area contributed by atoms with Crippen LogP contribution in [0, 0.1) is 0 Å². The molecule has 55 heavy (non-hydrogen) atoms. The maximum absolute atomic E-state index is 14.0. The lowest BCUT2D eigenvalue weighted by Gasteiger charge is -2.35. The van der Waals surface area contributed by atoms with Gasteiger partial charge in [0.15, 0.2) is 11.5 Å². The molecule has 0 bridgehead atoms. The van der Waals surface area contributed by atoms with Gasteiger partial charge in [-0.3, -0.25) is 9.69 Å². The monoisotopic (exact) mass is 792 g/mol. The Hall–Kier alpha value is -5.32. The molecular formula is C39H39F3N6O5S2. The van der Waals surface area contributed by atoms with E-state index >= 15 is 0 Å². The van der Waals surface area contributed by atoms with Crippen molar-refractivity contribution in [2.24, 2.45) is 0 Å². The van der Waals surface area contributed by atoms with E-state index in [1.165, 1.54) is 17.8 Å². The first-order chi connectivity index (χ1) is 26.4. The standard InChI is InChI=1S/C39H39F3N6O5S2/c1-2-53-31-22-27(21-29(24-31)28-7-6-8-30(49)23-28)26-47-16-18-48(19-17-47)37-14-13-36(44-45-37)38(50)46-55(51,52)33-11-12-35(34(25-33)39(40,41)42)43-15-20-54-32-9-4-3-5-10-32/h3-14,21-25,43,49H,2,15-20,26H2,1H3,(H,46,50). The SMILES string of the molecule is CCOc1cc(CN2CCN(c3ccc(C(=O)NS(=O)(=O)c4ccc(NCCSc5ccccc5)c(C(F)(F)F)c4)nn3)CC2)cc(-c2cccc(O)c2)c1. The average Bonchev–Trinajstić information content (AvgIpc) is 3.17. The van der Waals surface area contributed by atoms with Crippen LogP contribution < -0.4 is 19.7 Å². The van der Waals surface area contributed by atoms with E-state index in [-0.39, 0.29) is 23.7 Å². The third-order valence-corrected chi connectivity index (χ3v) is 11.0. The fourth-order valence-corrected chi connectivity index (χ4v) is 7.82. The first-order valence-electron chi connectivity index (χ1n) is 17.5. The van der Waals surface area contributed by atoms with E-state index in [2.05, 4.69) is 26.5 Å². The highest BCUT2D eigenvalue weighted by atomic mass is 32.2. The van der Waals surface area contributed by atoms with Crippen LogP contribution in [0.15, 0.2) is 113 Å². The summed E-state index contributed by atoms with van der Waals surface area (Å²) in [6.45, 7) is 5.91. The van der Waals surface area contributed by atoms with Crippen molar-refractivity contribution in [2.45, 2.75) is 29.4 Å². The van der Waals surface area contributed by atoms with Crippen LogP contribution in [0.5, 0.6) is 11.5 Å². The Morgan fingerprint density at radius 3 is 2.36 bits per heavy atom. The highest BCUT2D eigenvalue weighted by molar-refractivity contribution is 7.99. The predicted molar refractivity (Wildman–Crippen MR) is 206 cm³/mol. The second-order valence-corrected chi connectivity index (χ2v) is 15.5. The number of aromatic nitrogens is 2. The summed E-state index contributed by atoms with van der Waals surface area (Å²) >= 11 is 1.46. The van der Waals surface area contributed by atoms with Crippen LogP contribution >= 0.6 is 11.8 Å². The van der Waals surface area contributed by atoms with Gasteiger partial charge in [0.25, 0.3) is 15.9 Å². The van der Waals surface area contributed by atoms with E-state index in [0.29, 0.717) is 57.0 Å². The van der Waals surface area contributed by atoms with Gasteiger partial charge in [-0.05, 0) is 96.4 Å². The number of aromatic hydroxyl groups is 1. The fraction of sp³-hybridized carbons (Fsp3) is 0.256. The molecule has 2 heterocycles. The van der Waals surface area contributed by atoms with Gasteiger partial charge in [-0.15, -0.1) is 22.0 Å². The molecule has 1 fully saturated rings. The van der Waals surface area contributed by atoms with Gasteiger partial charge < -0.3 is 20.1 Å². The number of anilines is 2. The first-order valence-corrected chi connectivity index (χ1v) is 19.9. The molecule has 1 aliphatic heterocycles. The minimum absolute atomic E-state index is 0.182. The third kappa shape index (κ3) is 10.5. The van der Waals surface area contributed by atoms with Crippen LogP contribution in [0.2, 0.25) is 0 Å². The number of benzene rings is 4. The number of hydrogen-bond acceptors (Lipinski definition) is 11. The minimum Gasteiger partial charge on any atom is -0.508 e. The molecule has 3 N–H and O–H groups in total. The molecule has 0 atom stereocenters. The van der Waals surface area contributed by atoms with Crippen molar-refractivity contribution >= 4 is 39.2 Å². The van der Waals surface area contributed by atoms with Crippen molar-refractivity contribution in [3.8, 4) is 22.6 Å². The van der Waals surface area contributed by atoms with Crippen molar-refractivity contribution < 1.29 is 36.2 Å². The molecular weight excluding hydrogens is 754 g/mol. The van der Waals surface area contributed by atoms with Gasteiger partial charge in [0.05, 0.1) is 17.1 Å². The van der Waals surface area contributed by atoms with Gasteiger partial charge in [0.1, 0.15) is 11.5 Å². The van der Waals surface area contributed by atoms with Crippen LogP contribution in [0.4, 0.5) is 24.7 Å². The second kappa shape index (κ2) is 17.4. The Morgan fingerprint density at radius 2 is 1.67 bits per heavy atom. The largest absolute Gasteiger partial charge is 0.508 e. The lowest BCUT2D eigenvalue weighted by molar-refractivity contribution is -0.137. The zero-order valence-corrected chi connectivity index (χ0v) is 31.4. The molecule has 0 saturated carbocycles. The molecule has 1 aromatic heterocycles. The van der Waals surface area contributed by atoms with Crippen molar-refractivity contribution in [1.29, 1.82) is 0 Å². The second-order valence-electron chi connectivity index (χ2n) is 12.6. The number of rotatable bonds is 14. The Kier molecular flexibility index (Phi) is 12.5. The average molecular weight is 793 g/mol. The molecule has 1 saturated heterocycles. The molecule has 4 aromatic carbocycles. The molecule has 0 aliphatic carbocycles. The van der Waals surface area contributed by atoms with Gasteiger partial charge in [0, 0.05) is 55.6 Å². The number of thioether (sulfide) groups is 1. The number of hydrogen-bond donors (Lipinski definition) is 3. The molecule has 0 unspecified atom stereocenters. The molecule has 6 rings (SSSR count). The number of ether oxygens (including phenoxy) is 1. The molecule has 16 heteroatoms. The number of piperazine rings is 1. The highest BCUT2D eigenvalue weighted by Crippen LogP contribution is 2.36. The Bertz CT molecular complexity index is 2200. The molecule has 288 valence electrons. The quantitative estimate of drug-likeness (QED) is 0.0800. The lowest BCUT2D eigenvalue weighted by atomic mass is 10.0. The van der Waals surface area contributed by atoms with E-state index in [1.54, 1.807) is 24.3 Å². The van der Waals surface area contributed by atoms with E-state index in [1.807, 2.05) is 65.1 Å². The summed E-state index contributed by atoms with van der Waals surface area (Å²) < 4.78 is 75.7. The summed E-state index contributed by atoms with van der Waals surface area (Å²) in [5.74, 6) is 0.759. The number of halogens is 3. The number of phenolic OH excluding ortho intramolecular Hbond substituents is 1. The van der Waals surface area contributed by atoms with E-state index in [4.69, 9.17) is 4.74 Å². The number of amides is 1. The molecule has 11 nitrogen and oxygen atoms in total. The van der Waals surface area contributed by atoms with Gasteiger partial charge >= 0.3 is 6.18 Å². The van der Waals surface area contributed by atoms with Crippen molar-refractivity contribution in [2.75, 3.05) is 55.3 Å². The van der Waals surface area contributed by atoms with Gasteiger partial charge in [-0.25, -0.2) is 13.1 Å². The summed E-state index contributed by atoms with van der Waals surface area (Å²) in [5.41, 5.74) is 1.11. The molecule has 0 spiro atoms. The maximum Gasteiger partial charge on any atom is 0.418 e. The van der Waals surface area contributed by atoms with Crippen LogP contribution in [-0.4, -0.2) is 79.6 Å². The summed E-state index contributed by atoms with van der Waals surface area (Å²) in [6.07, 6.45) is -4.86. The molecule has 1 aliphatic rings. The summed E-state index contributed by atoms with van der Waals surface area (Å²) in [6, 6.07) is 27.9. The number of nitrogens with zero attached hydrogens (tertiary/aromatic N) is 4. The normalized spacial score (nSPS) is 13.7. The van der Waals surface area contributed by atoms with Crippen molar-refractivity contribution in [1.82, 2.24) is 19.8 Å². The van der Waals surface area contributed by atoms with Crippen LogP contribution in [0.25, 0.3) is 11.1 Å².